The summed E-state index contributed by atoms with van der Waals surface area (Å²) in [5.74, 6) is -1.13. The van der Waals surface area contributed by atoms with Crippen molar-refractivity contribution < 1.29 is 18.1 Å². The summed E-state index contributed by atoms with van der Waals surface area (Å²) in [5.41, 5.74) is -0.302. The summed E-state index contributed by atoms with van der Waals surface area (Å²) in [4.78, 5) is 13.5. The second kappa shape index (κ2) is 3.96. The van der Waals surface area contributed by atoms with Crippen molar-refractivity contribution in [1.29, 1.82) is 0 Å². The van der Waals surface area contributed by atoms with Crippen molar-refractivity contribution >= 4 is 23.7 Å². The van der Waals surface area contributed by atoms with Crippen LogP contribution in [0.2, 0.25) is 0 Å². The number of aromatic nitrogens is 1. The molecule has 0 bridgehead atoms. The van der Waals surface area contributed by atoms with Gasteiger partial charge in [0.1, 0.15) is 5.82 Å². The Balaban J connectivity index is 2.07. The lowest BCUT2D eigenvalue weighted by atomic mass is 9.78. The van der Waals surface area contributed by atoms with Crippen LogP contribution in [0.1, 0.15) is 27.7 Å². The average molecular weight is 279 g/mol. The Labute approximate surface area is 115 Å². The molecule has 2 aromatic rings. The predicted molar refractivity (Wildman–Crippen MR) is 72.5 cm³/mol. The van der Waals surface area contributed by atoms with E-state index in [0.29, 0.717) is 5.52 Å². The van der Waals surface area contributed by atoms with E-state index >= 15 is 0 Å². The predicted octanol–water partition coefficient (Wildman–Crippen LogP) is 1.56. The summed E-state index contributed by atoms with van der Waals surface area (Å²) in [6, 6.07) is 2.64. The Bertz CT molecular complexity index is 718. The molecule has 2 heterocycles. The van der Waals surface area contributed by atoms with Crippen LogP contribution in [0.25, 0.3) is 11.1 Å². The van der Waals surface area contributed by atoms with E-state index in [1.54, 1.807) is 0 Å². The SMILES string of the molecule is CC1(C)OB(c2cc3oc(=O)[nH]c3cc2F)OC1(C)C. The highest BCUT2D eigenvalue weighted by Crippen LogP contribution is 2.36. The van der Waals surface area contributed by atoms with E-state index in [1.165, 1.54) is 12.1 Å². The molecule has 0 radical (unpaired) electrons. The minimum absolute atomic E-state index is 0.221. The number of hydrogen-bond acceptors (Lipinski definition) is 4. The Morgan fingerprint density at radius 1 is 1.15 bits per heavy atom. The molecule has 106 valence electrons. The zero-order valence-electron chi connectivity index (χ0n) is 11.7. The molecule has 5 nitrogen and oxygen atoms in total. The van der Waals surface area contributed by atoms with Crippen molar-refractivity contribution in [2.24, 2.45) is 0 Å². The highest BCUT2D eigenvalue weighted by Gasteiger charge is 2.52. The average Bonchev–Trinajstić information content (AvgIpc) is 2.74. The van der Waals surface area contributed by atoms with Gasteiger partial charge >= 0.3 is 12.9 Å². The first-order valence-electron chi connectivity index (χ1n) is 6.37. The maximum atomic E-state index is 14.2. The van der Waals surface area contributed by atoms with Crippen molar-refractivity contribution in [3.05, 3.63) is 28.5 Å². The molecule has 1 aromatic heterocycles. The largest absolute Gasteiger partial charge is 0.497 e. The molecule has 1 aliphatic rings. The van der Waals surface area contributed by atoms with Crippen LogP contribution in [0.15, 0.2) is 21.3 Å². The molecule has 1 aromatic carbocycles. The van der Waals surface area contributed by atoms with Crippen LogP contribution in [0.3, 0.4) is 0 Å². The topological polar surface area (TPSA) is 64.5 Å². The van der Waals surface area contributed by atoms with E-state index in [0.717, 1.165) is 0 Å². The van der Waals surface area contributed by atoms with Gasteiger partial charge in [-0.05, 0) is 33.8 Å². The van der Waals surface area contributed by atoms with E-state index in [4.69, 9.17) is 13.7 Å². The number of hydrogen-bond donors (Lipinski definition) is 1. The van der Waals surface area contributed by atoms with Gasteiger partial charge in [-0.2, -0.15) is 0 Å². The van der Waals surface area contributed by atoms with Gasteiger partial charge in [-0.3, -0.25) is 4.98 Å². The third kappa shape index (κ3) is 1.89. The fraction of sp³-hybridized carbons (Fsp3) is 0.462. The van der Waals surface area contributed by atoms with Gasteiger partial charge in [0, 0.05) is 11.5 Å². The molecule has 1 saturated heterocycles. The first kappa shape index (κ1) is 13.4. The van der Waals surface area contributed by atoms with Gasteiger partial charge in [-0.25, -0.2) is 9.18 Å². The van der Waals surface area contributed by atoms with Crippen molar-refractivity contribution in [1.82, 2.24) is 4.98 Å². The van der Waals surface area contributed by atoms with E-state index in [2.05, 4.69) is 4.98 Å². The van der Waals surface area contributed by atoms with Crippen LogP contribution < -0.4 is 11.2 Å². The van der Waals surface area contributed by atoms with Crippen LogP contribution in [0.5, 0.6) is 0 Å². The number of rotatable bonds is 1. The number of benzene rings is 1. The highest BCUT2D eigenvalue weighted by atomic mass is 19.1. The van der Waals surface area contributed by atoms with E-state index < -0.39 is 29.9 Å². The molecule has 1 aliphatic heterocycles. The van der Waals surface area contributed by atoms with Crippen molar-refractivity contribution in [2.45, 2.75) is 38.9 Å². The summed E-state index contributed by atoms with van der Waals surface area (Å²) >= 11 is 0. The number of aromatic amines is 1. The quantitative estimate of drug-likeness (QED) is 0.804. The molecular formula is C13H15BFNO4. The smallest absolute Gasteiger partial charge is 0.408 e. The summed E-state index contributed by atoms with van der Waals surface area (Å²) in [6.45, 7) is 7.55. The summed E-state index contributed by atoms with van der Waals surface area (Å²) < 4.78 is 30.7. The van der Waals surface area contributed by atoms with Crippen LogP contribution in [-0.4, -0.2) is 23.3 Å². The number of nitrogens with one attached hydrogen (secondary N) is 1. The molecule has 0 amide bonds. The normalized spacial score (nSPS) is 20.8. The molecule has 0 atom stereocenters. The first-order valence-corrected chi connectivity index (χ1v) is 6.37. The molecule has 1 N–H and O–H groups in total. The standard InChI is InChI=1S/C13H15BFNO4/c1-12(2)13(3,4)20-14(19-12)7-5-10-9(6-8(7)15)16-11(17)18-10/h5-6H,1-4H3,(H,16,17). The summed E-state index contributed by atoms with van der Waals surface area (Å²) in [6.07, 6.45) is 0. The summed E-state index contributed by atoms with van der Waals surface area (Å²) in [7, 11) is -0.829. The number of oxazole rings is 1. The third-order valence-corrected chi connectivity index (χ3v) is 4.05. The van der Waals surface area contributed by atoms with Gasteiger partial charge in [0.25, 0.3) is 0 Å². The monoisotopic (exact) mass is 279 g/mol. The lowest BCUT2D eigenvalue weighted by molar-refractivity contribution is 0.00578. The molecule has 0 aliphatic carbocycles. The lowest BCUT2D eigenvalue weighted by Crippen LogP contribution is -2.41. The second-order valence-electron chi connectivity index (χ2n) is 5.97. The second-order valence-corrected chi connectivity index (χ2v) is 5.97. The molecule has 3 rings (SSSR count). The zero-order chi connectivity index (χ0) is 14.7. The molecule has 20 heavy (non-hydrogen) atoms. The molecule has 7 heteroatoms. The van der Waals surface area contributed by atoms with E-state index in [1.807, 2.05) is 27.7 Å². The fourth-order valence-corrected chi connectivity index (χ4v) is 2.14. The molecular weight excluding hydrogens is 264 g/mol. The minimum atomic E-state index is -0.829. The zero-order valence-corrected chi connectivity index (χ0v) is 11.7. The number of fused-ring (bicyclic) bond motifs is 1. The number of H-pyrrole nitrogens is 1. The maximum absolute atomic E-state index is 14.2. The Hall–Kier alpha value is -1.60. The first-order chi connectivity index (χ1) is 9.19. The van der Waals surface area contributed by atoms with Crippen LogP contribution in [0.4, 0.5) is 4.39 Å². The van der Waals surface area contributed by atoms with Gasteiger partial charge in [0.05, 0.1) is 16.7 Å². The molecule has 0 saturated carbocycles. The molecule has 1 fully saturated rings. The van der Waals surface area contributed by atoms with Crippen molar-refractivity contribution in [3.63, 3.8) is 0 Å². The maximum Gasteiger partial charge on any atom is 0.497 e. The Morgan fingerprint density at radius 3 is 2.35 bits per heavy atom. The van der Waals surface area contributed by atoms with E-state index in [-0.39, 0.29) is 11.0 Å². The fourth-order valence-electron chi connectivity index (χ4n) is 2.14. The molecule has 0 spiro atoms. The van der Waals surface area contributed by atoms with Gasteiger partial charge in [-0.15, -0.1) is 0 Å². The minimum Gasteiger partial charge on any atom is -0.408 e. The summed E-state index contributed by atoms with van der Waals surface area (Å²) in [5, 5.41) is 0. The lowest BCUT2D eigenvalue weighted by Gasteiger charge is -2.32. The number of halogens is 1. The van der Waals surface area contributed by atoms with Crippen LogP contribution in [0, 0.1) is 5.82 Å². The van der Waals surface area contributed by atoms with Crippen LogP contribution >= 0.6 is 0 Å². The van der Waals surface area contributed by atoms with Crippen molar-refractivity contribution in [2.75, 3.05) is 0 Å². The van der Waals surface area contributed by atoms with Crippen molar-refractivity contribution in [3.8, 4) is 0 Å². The Kier molecular flexibility index (Phi) is 2.65. The third-order valence-electron chi connectivity index (χ3n) is 4.05. The van der Waals surface area contributed by atoms with Gasteiger partial charge in [0.2, 0.25) is 0 Å². The molecule has 0 unspecified atom stereocenters. The van der Waals surface area contributed by atoms with Crippen LogP contribution in [-0.2, 0) is 9.31 Å². The highest BCUT2D eigenvalue weighted by molar-refractivity contribution is 6.62. The van der Waals surface area contributed by atoms with Gasteiger partial charge in [0.15, 0.2) is 5.58 Å². The van der Waals surface area contributed by atoms with E-state index in [9.17, 15) is 9.18 Å². The van der Waals surface area contributed by atoms with Gasteiger partial charge in [-0.1, -0.05) is 0 Å². The Morgan fingerprint density at radius 2 is 1.75 bits per heavy atom. The van der Waals surface area contributed by atoms with Gasteiger partial charge < -0.3 is 13.7 Å².